The summed E-state index contributed by atoms with van der Waals surface area (Å²) in [6.07, 6.45) is 5.12. The maximum atomic E-state index is 4.41. The lowest BCUT2D eigenvalue weighted by Crippen LogP contribution is -2.23. The van der Waals surface area contributed by atoms with Crippen molar-refractivity contribution in [2.24, 2.45) is 4.99 Å². The third kappa shape index (κ3) is 0.339. The molecule has 2 aliphatic heterocycles. The number of rotatable bonds is 1. The van der Waals surface area contributed by atoms with Crippen LogP contribution in [-0.2, 0) is 0 Å². The second-order valence-electron chi connectivity index (χ2n) is 3.02. The van der Waals surface area contributed by atoms with Crippen LogP contribution in [0.1, 0.15) is 6.42 Å². The molecule has 10 heavy (non-hydrogen) atoms. The standard InChI is InChI=1S/C8H8N2/c1-2-5-4-10-7-3-6(9-5)8(7)10/h2,4,7-8H,1,3H2. The third-order valence-corrected chi connectivity index (χ3v) is 2.50. The van der Waals surface area contributed by atoms with Crippen LogP contribution in [0.2, 0.25) is 0 Å². The van der Waals surface area contributed by atoms with Gasteiger partial charge in [-0.1, -0.05) is 6.58 Å². The molecule has 50 valence electrons. The zero-order chi connectivity index (χ0) is 6.72. The first-order valence-corrected chi connectivity index (χ1v) is 3.59. The molecule has 2 heterocycles. The van der Waals surface area contributed by atoms with E-state index in [1.807, 2.05) is 6.08 Å². The molecule has 0 aromatic heterocycles. The van der Waals surface area contributed by atoms with E-state index in [1.165, 1.54) is 12.1 Å². The van der Waals surface area contributed by atoms with Crippen LogP contribution in [0.5, 0.6) is 0 Å². The molecule has 0 bridgehead atoms. The fourth-order valence-corrected chi connectivity index (χ4v) is 1.82. The molecule has 2 heteroatoms. The van der Waals surface area contributed by atoms with Crippen LogP contribution < -0.4 is 0 Å². The second-order valence-corrected chi connectivity index (χ2v) is 3.02. The number of fused-ring (bicyclic) bond motifs is 1. The van der Waals surface area contributed by atoms with Gasteiger partial charge in [0.15, 0.2) is 0 Å². The fourth-order valence-electron chi connectivity index (χ4n) is 1.82. The molecule has 3 aliphatic rings. The topological polar surface area (TPSA) is 15.4 Å². The van der Waals surface area contributed by atoms with Crippen molar-refractivity contribution in [2.45, 2.75) is 18.5 Å². The van der Waals surface area contributed by atoms with Crippen molar-refractivity contribution in [1.82, 2.24) is 4.90 Å². The number of nitrogens with zero attached hydrogens (tertiary/aromatic N) is 2. The zero-order valence-corrected chi connectivity index (χ0v) is 5.62. The fraction of sp³-hybridized carbons (Fsp3) is 0.375. The summed E-state index contributed by atoms with van der Waals surface area (Å²) in [5.41, 5.74) is 2.40. The van der Waals surface area contributed by atoms with Crippen molar-refractivity contribution in [3.8, 4) is 0 Å². The van der Waals surface area contributed by atoms with Crippen LogP contribution in [0.4, 0.5) is 0 Å². The van der Waals surface area contributed by atoms with E-state index in [9.17, 15) is 0 Å². The molecular formula is C8H8N2. The van der Waals surface area contributed by atoms with Gasteiger partial charge in [-0.05, 0) is 6.08 Å². The summed E-state index contributed by atoms with van der Waals surface area (Å²) in [4.78, 5) is 6.77. The molecule has 1 aliphatic carbocycles. The lowest BCUT2D eigenvalue weighted by molar-refractivity contribution is 0.695. The minimum absolute atomic E-state index is 0.712. The highest BCUT2D eigenvalue weighted by Gasteiger charge is 2.59. The van der Waals surface area contributed by atoms with Gasteiger partial charge in [-0.25, -0.2) is 0 Å². The second kappa shape index (κ2) is 1.19. The van der Waals surface area contributed by atoms with E-state index >= 15 is 0 Å². The van der Waals surface area contributed by atoms with Gasteiger partial charge in [-0.3, -0.25) is 4.99 Å². The molecule has 2 nitrogen and oxygen atoms in total. The number of hydrogen-bond acceptors (Lipinski definition) is 2. The van der Waals surface area contributed by atoms with Gasteiger partial charge in [0.2, 0.25) is 0 Å². The third-order valence-electron chi connectivity index (χ3n) is 2.50. The average molecular weight is 132 g/mol. The van der Waals surface area contributed by atoms with Gasteiger partial charge >= 0.3 is 0 Å². The van der Waals surface area contributed by atoms with Gasteiger partial charge < -0.3 is 4.90 Å². The molecule has 0 N–H and O–H groups in total. The average Bonchev–Trinajstić information content (AvgIpc) is 2.54. The van der Waals surface area contributed by atoms with Crippen molar-refractivity contribution in [3.63, 3.8) is 0 Å². The van der Waals surface area contributed by atoms with Gasteiger partial charge in [-0.2, -0.15) is 0 Å². The summed E-state index contributed by atoms with van der Waals surface area (Å²) in [6, 6.07) is 1.53. The van der Waals surface area contributed by atoms with Gasteiger partial charge in [0.25, 0.3) is 0 Å². The molecular weight excluding hydrogens is 124 g/mol. The minimum Gasteiger partial charge on any atom is -0.359 e. The minimum atomic E-state index is 0.712. The highest BCUT2D eigenvalue weighted by Crippen LogP contribution is 2.46. The maximum Gasteiger partial charge on any atom is 0.0881 e. The van der Waals surface area contributed by atoms with E-state index in [4.69, 9.17) is 0 Å². The molecule has 3 rings (SSSR count). The van der Waals surface area contributed by atoms with Crippen LogP contribution in [0, 0.1) is 0 Å². The Labute approximate surface area is 59.6 Å². The molecule has 2 fully saturated rings. The molecule has 0 spiro atoms. The lowest BCUT2D eigenvalue weighted by atomic mass is 9.97. The largest absolute Gasteiger partial charge is 0.359 e. The van der Waals surface area contributed by atoms with Crippen molar-refractivity contribution in [3.05, 3.63) is 24.6 Å². The zero-order valence-electron chi connectivity index (χ0n) is 5.62. The summed E-state index contributed by atoms with van der Waals surface area (Å²) in [5.74, 6) is 0. The number of allylic oxidation sites excluding steroid dienone is 1. The predicted molar refractivity (Wildman–Crippen MR) is 39.7 cm³/mol. The summed E-state index contributed by atoms with van der Waals surface area (Å²) in [5, 5.41) is 0. The first-order valence-electron chi connectivity index (χ1n) is 3.59. The molecule has 0 aromatic carbocycles. The van der Waals surface area contributed by atoms with E-state index in [1.54, 1.807) is 0 Å². The Morgan fingerprint density at radius 1 is 1.80 bits per heavy atom. The first kappa shape index (κ1) is 4.72. The van der Waals surface area contributed by atoms with Crippen molar-refractivity contribution in [1.29, 1.82) is 0 Å². The van der Waals surface area contributed by atoms with Crippen LogP contribution >= 0.6 is 0 Å². The van der Waals surface area contributed by atoms with E-state index in [2.05, 4.69) is 22.7 Å². The summed E-state index contributed by atoms with van der Waals surface area (Å²) in [7, 11) is 0. The van der Waals surface area contributed by atoms with E-state index < -0.39 is 0 Å². The predicted octanol–water partition coefficient (Wildman–Crippen LogP) is 0.925. The smallest absolute Gasteiger partial charge is 0.0881 e. The monoisotopic (exact) mass is 132 g/mol. The van der Waals surface area contributed by atoms with Gasteiger partial charge in [0.1, 0.15) is 0 Å². The quantitative estimate of drug-likeness (QED) is 0.484. The van der Waals surface area contributed by atoms with Crippen LogP contribution in [-0.4, -0.2) is 22.7 Å². The van der Waals surface area contributed by atoms with Gasteiger partial charge in [0, 0.05) is 18.3 Å². The molecule has 2 unspecified atom stereocenters. The van der Waals surface area contributed by atoms with Crippen LogP contribution in [0.15, 0.2) is 29.5 Å². The Balaban J connectivity index is 2.08. The van der Waals surface area contributed by atoms with Gasteiger partial charge in [0.05, 0.1) is 17.8 Å². The van der Waals surface area contributed by atoms with E-state index in [0.717, 1.165) is 11.7 Å². The molecule has 0 amide bonds. The van der Waals surface area contributed by atoms with E-state index in [0.29, 0.717) is 6.04 Å². The SMILES string of the molecule is C=CC1=CN2C3CC(=N1)C32. The van der Waals surface area contributed by atoms with E-state index in [-0.39, 0.29) is 0 Å². The summed E-state index contributed by atoms with van der Waals surface area (Å²) >= 11 is 0. The molecule has 1 saturated heterocycles. The van der Waals surface area contributed by atoms with Gasteiger partial charge in [-0.15, -0.1) is 0 Å². The molecule has 2 atom stereocenters. The lowest BCUT2D eigenvalue weighted by Gasteiger charge is -2.10. The highest BCUT2D eigenvalue weighted by atomic mass is 15.4. The normalized spacial score (nSPS) is 39.0. The highest BCUT2D eigenvalue weighted by molar-refractivity contribution is 6.03. The Bertz CT molecular complexity index is 275. The van der Waals surface area contributed by atoms with Crippen molar-refractivity contribution < 1.29 is 0 Å². The first-order chi connectivity index (χ1) is 4.90. The Morgan fingerprint density at radius 3 is 3.40 bits per heavy atom. The molecule has 0 radical (unpaired) electrons. The Kier molecular flexibility index (Phi) is 0.562. The Morgan fingerprint density at radius 2 is 2.70 bits per heavy atom. The molecule has 1 saturated carbocycles. The van der Waals surface area contributed by atoms with Crippen molar-refractivity contribution >= 4 is 5.71 Å². The summed E-state index contributed by atoms with van der Waals surface area (Å²) < 4.78 is 0. The van der Waals surface area contributed by atoms with Crippen LogP contribution in [0.25, 0.3) is 0 Å². The van der Waals surface area contributed by atoms with Crippen molar-refractivity contribution in [2.75, 3.05) is 0 Å². The Hall–Kier alpha value is -1.05. The van der Waals surface area contributed by atoms with Crippen LogP contribution in [0.3, 0.4) is 0 Å². The maximum absolute atomic E-state index is 4.41. The summed E-state index contributed by atoms with van der Waals surface area (Å²) in [6.45, 7) is 3.69. The number of aliphatic imine (C=N–C) groups is 1. The number of hydrogen-bond donors (Lipinski definition) is 0. The molecule has 0 aromatic rings.